The normalized spacial score (nSPS) is 14.5. The third-order valence-corrected chi connectivity index (χ3v) is 6.48. The lowest BCUT2D eigenvalue weighted by Crippen LogP contribution is -2.47. The van der Waals surface area contributed by atoms with Crippen LogP contribution in [0.2, 0.25) is 0 Å². The van der Waals surface area contributed by atoms with Gasteiger partial charge in [0.25, 0.3) is 0 Å². The molecule has 30 heavy (non-hydrogen) atoms. The number of aromatic nitrogens is 4. The van der Waals surface area contributed by atoms with Crippen LogP contribution in [0.3, 0.4) is 0 Å². The zero-order valence-electron chi connectivity index (χ0n) is 17.2. The van der Waals surface area contributed by atoms with Crippen molar-refractivity contribution in [1.82, 2.24) is 19.7 Å². The molecule has 1 aliphatic rings. The van der Waals surface area contributed by atoms with Crippen LogP contribution in [-0.2, 0) is 0 Å². The summed E-state index contributed by atoms with van der Waals surface area (Å²) in [7, 11) is 0. The highest BCUT2D eigenvalue weighted by Crippen LogP contribution is 2.31. The van der Waals surface area contributed by atoms with Crippen LogP contribution in [0.1, 0.15) is 5.56 Å². The van der Waals surface area contributed by atoms with Crippen molar-refractivity contribution in [2.75, 3.05) is 42.2 Å². The largest absolute Gasteiger partial charge is 0.367 e. The number of fused-ring (bicyclic) bond motifs is 1. The summed E-state index contributed by atoms with van der Waals surface area (Å²) < 4.78 is 1.92. The second-order valence-electron chi connectivity index (χ2n) is 7.42. The van der Waals surface area contributed by atoms with E-state index in [9.17, 15) is 0 Å². The molecule has 4 aromatic rings. The minimum absolute atomic E-state index is 0.851. The molecule has 0 unspecified atom stereocenters. The maximum Gasteiger partial charge on any atom is 0.168 e. The first-order valence-corrected chi connectivity index (χ1v) is 11.4. The maximum atomic E-state index is 4.64. The predicted molar refractivity (Wildman–Crippen MR) is 124 cm³/mol. The standard InChI is InChI=1S/C23H24N6S/c1-17-7-3-4-8-19(17)29-23-18(15-26-29)22(24-16-25-23)28-13-11-27(12-14-28)20-9-5-6-10-21(20)30-2/h3-10,15-16H,11-14H2,1-2H3. The number of hydrogen-bond donors (Lipinski definition) is 0. The van der Waals surface area contributed by atoms with Gasteiger partial charge in [-0.05, 0) is 36.9 Å². The Balaban J connectivity index is 1.42. The third kappa shape index (κ3) is 3.29. The summed E-state index contributed by atoms with van der Waals surface area (Å²) in [6.07, 6.45) is 5.69. The molecular weight excluding hydrogens is 392 g/mol. The molecule has 0 N–H and O–H groups in total. The van der Waals surface area contributed by atoms with Gasteiger partial charge < -0.3 is 9.80 Å². The number of benzene rings is 2. The number of rotatable bonds is 4. The van der Waals surface area contributed by atoms with E-state index in [0.29, 0.717) is 0 Å². The van der Waals surface area contributed by atoms with Gasteiger partial charge in [-0.2, -0.15) is 5.10 Å². The molecule has 6 nitrogen and oxygen atoms in total. The van der Waals surface area contributed by atoms with Gasteiger partial charge in [0.1, 0.15) is 12.1 Å². The molecule has 152 valence electrons. The number of thioether (sulfide) groups is 1. The van der Waals surface area contributed by atoms with E-state index < -0.39 is 0 Å². The molecule has 0 amide bonds. The molecule has 2 aromatic carbocycles. The van der Waals surface area contributed by atoms with Gasteiger partial charge in [-0.3, -0.25) is 0 Å². The average molecular weight is 417 g/mol. The van der Waals surface area contributed by atoms with Crippen molar-refractivity contribution in [3.8, 4) is 5.69 Å². The second kappa shape index (κ2) is 7.99. The fraction of sp³-hybridized carbons (Fsp3) is 0.261. The van der Waals surface area contributed by atoms with Gasteiger partial charge in [-0.15, -0.1) is 11.8 Å². The highest BCUT2D eigenvalue weighted by atomic mass is 32.2. The lowest BCUT2D eigenvalue weighted by molar-refractivity contribution is 0.645. The molecule has 2 aromatic heterocycles. The Morgan fingerprint density at radius 3 is 2.30 bits per heavy atom. The zero-order chi connectivity index (χ0) is 20.5. The molecule has 1 saturated heterocycles. The second-order valence-corrected chi connectivity index (χ2v) is 8.27. The summed E-state index contributed by atoms with van der Waals surface area (Å²) in [5, 5.41) is 5.64. The van der Waals surface area contributed by atoms with Gasteiger partial charge in [0, 0.05) is 31.1 Å². The molecule has 5 rings (SSSR count). The Hall–Kier alpha value is -3.06. The van der Waals surface area contributed by atoms with Crippen molar-refractivity contribution >= 4 is 34.3 Å². The first kappa shape index (κ1) is 18.9. The molecule has 0 aliphatic carbocycles. The number of nitrogens with zero attached hydrogens (tertiary/aromatic N) is 6. The third-order valence-electron chi connectivity index (χ3n) is 5.69. The Morgan fingerprint density at radius 1 is 0.833 bits per heavy atom. The Labute approximate surface area is 180 Å². The van der Waals surface area contributed by atoms with Crippen LogP contribution in [-0.4, -0.2) is 52.2 Å². The van der Waals surface area contributed by atoms with Gasteiger partial charge in [-0.1, -0.05) is 30.3 Å². The number of anilines is 2. The molecule has 0 saturated carbocycles. The van der Waals surface area contributed by atoms with Crippen LogP contribution in [0.25, 0.3) is 16.7 Å². The maximum absolute atomic E-state index is 4.64. The lowest BCUT2D eigenvalue weighted by atomic mass is 10.2. The smallest absolute Gasteiger partial charge is 0.168 e. The van der Waals surface area contributed by atoms with Crippen LogP contribution >= 0.6 is 11.8 Å². The number of para-hydroxylation sites is 2. The first-order chi connectivity index (χ1) is 14.8. The van der Waals surface area contributed by atoms with Crippen LogP contribution in [0.5, 0.6) is 0 Å². The zero-order valence-corrected chi connectivity index (χ0v) is 18.0. The molecule has 3 heterocycles. The molecule has 0 spiro atoms. The van der Waals surface area contributed by atoms with Crippen molar-refractivity contribution in [3.05, 3.63) is 66.6 Å². The van der Waals surface area contributed by atoms with Gasteiger partial charge in [-0.25, -0.2) is 14.6 Å². The van der Waals surface area contributed by atoms with Crippen molar-refractivity contribution in [2.24, 2.45) is 0 Å². The van der Waals surface area contributed by atoms with Gasteiger partial charge in [0.2, 0.25) is 0 Å². The van der Waals surface area contributed by atoms with E-state index in [1.54, 1.807) is 18.1 Å². The number of piperazine rings is 1. The summed E-state index contributed by atoms with van der Waals surface area (Å²) >= 11 is 1.80. The van der Waals surface area contributed by atoms with E-state index in [1.807, 2.05) is 23.0 Å². The Bertz CT molecular complexity index is 1180. The highest BCUT2D eigenvalue weighted by molar-refractivity contribution is 7.98. The molecule has 1 fully saturated rings. The fourth-order valence-corrected chi connectivity index (χ4v) is 4.73. The summed E-state index contributed by atoms with van der Waals surface area (Å²) in [5.41, 5.74) is 4.40. The Kier molecular flexibility index (Phi) is 5.04. The molecule has 0 bridgehead atoms. The minimum Gasteiger partial charge on any atom is -0.367 e. The fourth-order valence-electron chi connectivity index (χ4n) is 4.11. The quantitative estimate of drug-likeness (QED) is 0.466. The van der Waals surface area contributed by atoms with E-state index >= 15 is 0 Å². The van der Waals surface area contributed by atoms with Crippen molar-refractivity contribution in [2.45, 2.75) is 11.8 Å². The minimum atomic E-state index is 0.851. The summed E-state index contributed by atoms with van der Waals surface area (Å²) in [6.45, 7) is 5.87. The van der Waals surface area contributed by atoms with Gasteiger partial charge in [0.15, 0.2) is 5.65 Å². The Morgan fingerprint density at radius 2 is 1.53 bits per heavy atom. The van der Waals surface area contributed by atoms with E-state index in [-0.39, 0.29) is 0 Å². The molecule has 7 heteroatoms. The predicted octanol–water partition coefficient (Wildman–Crippen LogP) is 4.17. The molecular formula is C23H24N6S. The summed E-state index contributed by atoms with van der Waals surface area (Å²) in [5.74, 6) is 0.970. The van der Waals surface area contributed by atoms with Crippen LogP contribution in [0.15, 0.2) is 66.0 Å². The van der Waals surface area contributed by atoms with Crippen molar-refractivity contribution < 1.29 is 0 Å². The van der Waals surface area contributed by atoms with Crippen LogP contribution in [0, 0.1) is 6.92 Å². The number of hydrogen-bond acceptors (Lipinski definition) is 6. The van der Waals surface area contributed by atoms with Crippen molar-refractivity contribution in [3.63, 3.8) is 0 Å². The van der Waals surface area contributed by atoms with Crippen molar-refractivity contribution in [1.29, 1.82) is 0 Å². The lowest BCUT2D eigenvalue weighted by Gasteiger charge is -2.37. The molecule has 0 atom stereocenters. The summed E-state index contributed by atoms with van der Waals surface area (Å²) in [6, 6.07) is 16.9. The summed E-state index contributed by atoms with van der Waals surface area (Å²) in [4.78, 5) is 15.3. The van der Waals surface area contributed by atoms with E-state index in [0.717, 1.165) is 48.7 Å². The number of aryl methyl sites for hydroxylation is 1. The monoisotopic (exact) mass is 416 g/mol. The van der Waals surface area contributed by atoms with E-state index in [2.05, 4.69) is 74.4 Å². The van der Waals surface area contributed by atoms with Gasteiger partial charge in [0.05, 0.1) is 23.0 Å². The van der Waals surface area contributed by atoms with Crippen LogP contribution < -0.4 is 9.80 Å². The van der Waals surface area contributed by atoms with Gasteiger partial charge >= 0.3 is 0 Å². The highest BCUT2D eigenvalue weighted by Gasteiger charge is 2.23. The SMILES string of the molecule is CSc1ccccc1N1CCN(c2ncnc3c2cnn3-c2ccccc2C)CC1. The first-order valence-electron chi connectivity index (χ1n) is 10.1. The topological polar surface area (TPSA) is 50.1 Å². The van der Waals surface area contributed by atoms with Crippen LogP contribution in [0.4, 0.5) is 11.5 Å². The van der Waals surface area contributed by atoms with E-state index in [1.165, 1.54) is 16.1 Å². The molecule has 1 aliphatic heterocycles. The van der Waals surface area contributed by atoms with E-state index in [4.69, 9.17) is 0 Å². The molecule has 0 radical (unpaired) electrons. The average Bonchev–Trinajstić information content (AvgIpc) is 3.23.